The molecule has 2 heterocycles. The maximum absolute atomic E-state index is 12.7. The van der Waals surface area contributed by atoms with Gasteiger partial charge in [0.05, 0.1) is 0 Å². The first-order valence-corrected chi connectivity index (χ1v) is 8.36. The number of aromatic amines is 1. The van der Waals surface area contributed by atoms with E-state index in [9.17, 15) is 9.59 Å². The van der Waals surface area contributed by atoms with Crippen LogP contribution in [0.3, 0.4) is 0 Å². The molecule has 1 saturated heterocycles. The molecule has 3 rings (SSSR count). The molecule has 5 nitrogen and oxygen atoms in total. The lowest BCUT2D eigenvalue weighted by atomic mass is 9.91. The molecule has 120 valence electrons. The molecule has 0 bridgehead atoms. The Morgan fingerprint density at radius 2 is 2.14 bits per heavy atom. The van der Waals surface area contributed by atoms with Crippen LogP contribution in [0.4, 0.5) is 0 Å². The third-order valence-corrected chi connectivity index (χ3v) is 5.06. The van der Waals surface area contributed by atoms with Gasteiger partial charge in [0.15, 0.2) is 0 Å². The van der Waals surface area contributed by atoms with Crippen LogP contribution < -0.4 is 11.3 Å². The molecule has 2 unspecified atom stereocenters. The van der Waals surface area contributed by atoms with Crippen molar-refractivity contribution in [2.24, 2.45) is 11.7 Å². The number of nitrogens with two attached hydrogens (primary N) is 1. The summed E-state index contributed by atoms with van der Waals surface area (Å²) in [6.07, 6.45) is 6.12. The molecule has 1 aromatic heterocycles. The average Bonchev–Trinajstić information content (AvgIpc) is 2.53. The predicted molar refractivity (Wildman–Crippen MR) is 86.0 cm³/mol. The number of nitrogens with zero attached hydrogens (tertiary/aromatic N) is 1. The maximum atomic E-state index is 12.7. The normalized spacial score (nSPS) is 23.0. The fourth-order valence-electron chi connectivity index (χ4n) is 3.63. The lowest BCUT2D eigenvalue weighted by molar-refractivity contribution is 0.0659. The van der Waals surface area contributed by atoms with E-state index < -0.39 is 0 Å². The number of hydrogen-bond donors (Lipinski definition) is 2. The molecule has 2 atom stereocenters. The number of aromatic nitrogens is 1. The number of piperidine rings is 1. The Balaban J connectivity index is 1.84. The molecule has 1 aromatic rings. The highest BCUT2D eigenvalue weighted by Gasteiger charge is 2.28. The van der Waals surface area contributed by atoms with Crippen molar-refractivity contribution < 1.29 is 4.79 Å². The van der Waals surface area contributed by atoms with Crippen LogP contribution in [0.2, 0.25) is 0 Å². The molecule has 5 heteroatoms. The number of aryl methyl sites for hydroxylation is 2. The second-order valence-corrected chi connectivity index (χ2v) is 6.74. The van der Waals surface area contributed by atoms with E-state index in [4.69, 9.17) is 5.73 Å². The van der Waals surface area contributed by atoms with Crippen LogP contribution in [0.25, 0.3) is 0 Å². The van der Waals surface area contributed by atoms with E-state index in [1.165, 1.54) is 0 Å². The molecule has 1 fully saturated rings. The minimum atomic E-state index is -0.242. The molecule has 0 aromatic carbocycles. The molecular weight excluding hydrogens is 278 g/mol. The van der Waals surface area contributed by atoms with Crippen molar-refractivity contribution >= 4 is 5.91 Å². The van der Waals surface area contributed by atoms with Gasteiger partial charge in [-0.25, -0.2) is 0 Å². The Morgan fingerprint density at radius 1 is 1.36 bits per heavy atom. The van der Waals surface area contributed by atoms with Crippen molar-refractivity contribution in [3.8, 4) is 0 Å². The number of likely N-dealkylation sites (tertiary alicyclic amines) is 1. The number of carbonyl (C=O) groups excluding carboxylic acids is 1. The first-order chi connectivity index (χ1) is 10.6. The maximum Gasteiger partial charge on any atom is 0.261 e. The number of nitrogens with one attached hydrogen (secondary N) is 1. The molecule has 0 saturated carbocycles. The van der Waals surface area contributed by atoms with Gasteiger partial charge in [-0.1, -0.05) is 0 Å². The van der Waals surface area contributed by atoms with Gasteiger partial charge < -0.3 is 15.6 Å². The van der Waals surface area contributed by atoms with E-state index in [1.807, 2.05) is 13.0 Å². The lowest BCUT2D eigenvalue weighted by Gasteiger charge is -2.34. The lowest BCUT2D eigenvalue weighted by Crippen LogP contribution is -2.46. The van der Waals surface area contributed by atoms with E-state index in [2.05, 4.69) is 4.98 Å². The van der Waals surface area contributed by atoms with Crippen molar-refractivity contribution in [2.75, 3.05) is 13.1 Å². The number of fused-ring (bicyclic) bond motifs is 1. The first-order valence-electron chi connectivity index (χ1n) is 8.36. The largest absolute Gasteiger partial charge is 0.338 e. The van der Waals surface area contributed by atoms with E-state index in [-0.39, 0.29) is 17.5 Å². The molecule has 3 N–H and O–H groups in total. The van der Waals surface area contributed by atoms with Crippen LogP contribution in [0.15, 0.2) is 10.9 Å². The van der Waals surface area contributed by atoms with E-state index in [0.29, 0.717) is 18.0 Å². The number of hydrogen-bond acceptors (Lipinski definition) is 3. The van der Waals surface area contributed by atoms with Gasteiger partial charge in [0.2, 0.25) is 0 Å². The summed E-state index contributed by atoms with van der Waals surface area (Å²) in [5, 5.41) is 0. The molecule has 0 spiro atoms. The second-order valence-electron chi connectivity index (χ2n) is 6.74. The summed E-state index contributed by atoms with van der Waals surface area (Å²) >= 11 is 0. The number of H-pyrrole nitrogens is 1. The Labute approximate surface area is 130 Å². The van der Waals surface area contributed by atoms with Crippen molar-refractivity contribution in [1.82, 2.24) is 9.88 Å². The number of amides is 1. The van der Waals surface area contributed by atoms with Gasteiger partial charge in [0, 0.05) is 24.8 Å². The van der Waals surface area contributed by atoms with E-state index in [0.717, 1.165) is 56.3 Å². The van der Waals surface area contributed by atoms with E-state index >= 15 is 0 Å². The van der Waals surface area contributed by atoms with Crippen LogP contribution in [0, 0.1) is 5.92 Å². The van der Waals surface area contributed by atoms with Crippen molar-refractivity contribution in [3.05, 3.63) is 33.2 Å². The predicted octanol–water partition coefficient (Wildman–Crippen LogP) is 1.45. The summed E-state index contributed by atoms with van der Waals surface area (Å²) in [5.41, 5.74) is 8.19. The second kappa shape index (κ2) is 6.24. The zero-order chi connectivity index (χ0) is 15.7. The number of pyridine rings is 1. The summed E-state index contributed by atoms with van der Waals surface area (Å²) < 4.78 is 0. The summed E-state index contributed by atoms with van der Waals surface area (Å²) in [5.74, 6) is 0.189. The van der Waals surface area contributed by atoms with E-state index in [1.54, 1.807) is 4.90 Å². The molecule has 22 heavy (non-hydrogen) atoms. The van der Waals surface area contributed by atoms with Crippen LogP contribution in [-0.4, -0.2) is 34.9 Å². The average molecular weight is 303 g/mol. The van der Waals surface area contributed by atoms with Crippen molar-refractivity contribution in [3.63, 3.8) is 0 Å². The third kappa shape index (κ3) is 2.95. The van der Waals surface area contributed by atoms with Crippen LogP contribution in [0.5, 0.6) is 0 Å². The van der Waals surface area contributed by atoms with Gasteiger partial charge in [-0.2, -0.15) is 0 Å². The fraction of sp³-hybridized carbons (Fsp3) is 0.647. The van der Waals surface area contributed by atoms with Gasteiger partial charge in [-0.15, -0.1) is 0 Å². The Bertz CT molecular complexity index is 621. The minimum Gasteiger partial charge on any atom is -0.338 e. The smallest absolute Gasteiger partial charge is 0.261 e. The highest BCUT2D eigenvalue weighted by atomic mass is 16.2. The van der Waals surface area contributed by atoms with Crippen molar-refractivity contribution in [2.45, 2.75) is 51.5 Å². The minimum absolute atomic E-state index is 0.0809. The molecule has 1 amide bonds. The summed E-state index contributed by atoms with van der Waals surface area (Å²) in [7, 11) is 0. The summed E-state index contributed by atoms with van der Waals surface area (Å²) in [6, 6.07) is 1.91. The fourth-order valence-corrected chi connectivity index (χ4v) is 3.63. The molecule has 1 aliphatic carbocycles. The quantitative estimate of drug-likeness (QED) is 0.868. The molecular formula is C17H25N3O2. The van der Waals surface area contributed by atoms with Crippen LogP contribution >= 0.6 is 0 Å². The van der Waals surface area contributed by atoms with Gasteiger partial charge >= 0.3 is 0 Å². The standard InChI is InChI=1S/C17H25N3O2/c1-11(18)13-6-4-8-20(10-13)17(22)14-9-12-5-2-3-7-15(12)19-16(14)21/h9,11,13H,2-8,10,18H2,1H3,(H,19,21). The number of carbonyl (C=O) groups is 1. The highest BCUT2D eigenvalue weighted by molar-refractivity contribution is 5.94. The monoisotopic (exact) mass is 303 g/mol. The Morgan fingerprint density at radius 3 is 2.91 bits per heavy atom. The van der Waals surface area contributed by atoms with Crippen LogP contribution in [0.1, 0.15) is 54.2 Å². The summed E-state index contributed by atoms with van der Waals surface area (Å²) in [6.45, 7) is 3.37. The number of rotatable bonds is 2. The van der Waals surface area contributed by atoms with Gasteiger partial charge in [0.25, 0.3) is 11.5 Å². The SMILES string of the molecule is CC(N)C1CCCN(C(=O)c2cc3c([nH]c2=O)CCCC3)C1. The molecule has 1 aliphatic heterocycles. The van der Waals surface area contributed by atoms with Gasteiger partial charge in [-0.05, 0) is 63.0 Å². The molecule has 0 radical (unpaired) electrons. The van der Waals surface area contributed by atoms with Crippen LogP contribution in [-0.2, 0) is 12.8 Å². The zero-order valence-electron chi connectivity index (χ0n) is 13.2. The highest BCUT2D eigenvalue weighted by Crippen LogP contribution is 2.22. The topological polar surface area (TPSA) is 79.2 Å². The Hall–Kier alpha value is -1.62. The molecule has 2 aliphatic rings. The van der Waals surface area contributed by atoms with Crippen molar-refractivity contribution in [1.29, 1.82) is 0 Å². The first kappa shape index (κ1) is 15.3. The third-order valence-electron chi connectivity index (χ3n) is 5.06. The van der Waals surface area contributed by atoms with Gasteiger partial charge in [0.1, 0.15) is 5.56 Å². The zero-order valence-corrected chi connectivity index (χ0v) is 13.2. The summed E-state index contributed by atoms with van der Waals surface area (Å²) in [4.78, 5) is 29.7. The Kier molecular flexibility index (Phi) is 4.34. The van der Waals surface area contributed by atoms with Gasteiger partial charge in [-0.3, -0.25) is 9.59 Å².